The maximum atomic E-state index is 12.5. The molecule has 0 aromatic rings. The van der Waals surface area contributed by atoms with Crippen LogP contribution in [0.4, 0.5) is 35.9 Å². The molecule has 0 bridgehead atoms. The molecule has 4 atom stereocenters. The van der Waals surface area contributed by atoms with Gasteiger partial charge in [0.1, 0.15) is 0 Å². The van der Waals surface area contributed by atoms with E-state index in [0.29, 0.717) is 0 Å². The largest absolute Gasteiger partial charge is 0.509 e. The molecule has 20 heavy (non-hydrogen) atoms. The van der Waals surface area contributed by atoms with Crippen molar-refractivity contribution in [1.29, 1.82) is 0 Å². The molecule has 2 rings (SSSR count). The normalized spacial score (nSPS) is 34.3. The number of hydrogen-bond donors (Lipinski definition) is 0. The zero-order valence-electron chi connectivity index (χ0n) is 9.03. The number of alkyl halides is 6. The molecule has 0 saturated carbocycles. The predicted octanol–water partition coefficient (Wildman–Crippen LogP) is 1.92. The third kappa shape index (κ3) is 2.54. The third-order valence-corrected chi connectivity index (χ3v) is 2.48. The molecule has 2 fully saturated rings. The maximum absolute atomic E-state index is 12.5. The molecule has 0 aromatic carbocycles. The van der Waals surface area contributed by atoms with E-state index in [1.54, 1.807) is 0 Å². The number of rotatable bonds is 1. The van der Waals surface area contributed by atoms with Gasteiger partial charge in [-0.15, -0.1) is 0 Å². The fourth-order valence-corrected chi connectivity index (χ4v) is 1.73. The minimum absolute atomic E-state index is 1.82. The summed E-state index contributed by atoms with van der Waals surface area (Å²) >= 11 is 0. The number of carbonyl (C=O) groups excluding carboxylic acids is 2. The van der Waals surface area contributed by atoms with Crippen molar-refractivity contribution in [1.82, 2.24) is 0 Å². The van der Waals surface area contributed by atoms with E-state index in [9.17, 15) is 35.9 Å². The quantitative estimate of drug-likeness (QED) is 0.544. The molecule has 0 aliphatic carbocycles. The summed E-state index contributed by atoms with van der Waals surface area (Å²) in [5.74, 6) is 0. The molecule has 0 N–H and O–H groups in total. The number of carbonyl (C=O) groups is 2. The Balaban J connectivity index is 2.28. The van der Waals surface area contributed by atoms with Gasteiger partial charge in [0.2, 0.25) is 12.2 Å². The van der Waals surface area contributed by atoms with Gasteiger partial charge in [0, 0.05) is 0 Å². The first-order valence-electron chi connectivity index (χ1n) is 4.88. The topological polar surface area (TPSA) is 71.1 Å². The summed E-state index contributed by atoms with van der Waals surface area (Å²) in [6, 6.07) is 0. The Bertz CT molecular complexity index is 390. The third-order valence-electron chi connectivity index (χ3n) is 2.48. The van der Waals surface area contributed by atoms with Crippen molar-refractivity contribution < 1.29 is 54.9 Å². The van der Waals surface area contributed by atoms with Crippen LogP contribution in [-0.4, -0.2) is 49.1 Å². The van der Waals surface area contributed by atoms with E-state index in [4.69, 9.17) is 0 Å². The highest BCUT2D eigenvalue weighted by atomic mass is 19.4. The Morgan fingerprint density at radius 1 is 0.650 bits per heavy atom. The minimum atomic E-state index is -5.19. The van der Waals surface area contributed by atoms with Gasteiger partial charge in [0.05, 0.1) is 0 Å². The van der Waals surface area contributed by atoms with Gasteiger partial charge in [-0.05, 0) is 0 Å². The van der Waals surface area contributed by atoms with Crippen LogP contribution in [0.25, 0.3) is 0 Å². The number of halogens is 6. The predicted molar refractivity (Wildman–Crippen MR) is 42.4 cm³/mol. The summed E-state index contributed by atoms with van der Waals surface area (Å²) in [5, 5.41) is 0. The van der Waals surface area contributed by atoms with Crippen LogP contribution in [0.5, 0.6) is 0 Å². The highest BCUT2D eigenvalue weighted by Gasteiger charge is 2.66. The monoisotopic (exact) mass is 310 g/mol. The second-order valence-electron chi connectivity index (χ2n) is 3.83. The Morgan fingerprint density at radius 3 is 1.20 bits per heavy atom. The first-order chi connectivity index (χ1) is 9.00. The zero-order valence-corrected chi connectivity index (χ0v) is 9.03. The standard InChI is InChI=1S/C8H4F6O6/c9-7(10,11)3-1(17-5(15)19-3)2-4(8(12,13)14)20-6(16)18-2/h1-4H. The van der Waals surface area contributed by atoms with Gasteiger partial charge >= 0.3 is 24.7 Å². The molecular weight excluding hydrogens is 306 g/mol. The summed E-state index contributed by atoms with van der Waals surface area (Å²) in [6.45, 7) is 0. The van der Waals surface area contributed by atoms with Crippen molar-refractivity contribution in [3.8, 4) is 0 Å². The summed E-state index contributed by atoms with van der Waals surface area (Å²) in [7, 11) is 0. The van der Waals surface area contributed by atoms with Crippen LogP contribution in [0, 0.1) is 0 Å². The van der Waals surface area contributed by atoms with E-state index in [1.165, 1.54) is 0 Å². The van der Waals surface area contributed by atoms with Crippen LogP contribution in [0.2, 0.25) is 0 Å². The van der Waals surface area contributed by atoms with Crippen molar-refractivity contribution in [2.45, 2.75) is 36.8 Å². The fourth-order valence-electron chi connectivity index (χ4n) is 1.73. The summed E-state index contributed by atoms with van der Waals surface area (Å²) in [5.41, 5.74) is 0. The van der Waals surface area contributed by atoms with Gasteiger partial charge in [0.15, 0.2) is 12.2 Å². The van der Waals surface area contributed by atoms with Crippen LogP contribution >= 0.6 is 0 Å². The number of hydrogen-bond acceptors (Lipinski definition) is 6. The molecule has 2 aliphatic rings. The smallest absolute Gasteiger partial charge is 0.422 e. The van der Waals surface area contributed by atoms with E-state index in [-0.39, 0.29) is 0 Å². The SMILES string of the molecule is O=C1OC(C2OC(=O)OC2C(F)(F)F)C(C(F)(F)F)O1. The molecule has 4 unspecified atom stereocenters. The highest BCUT2D eigenvalue weighted by molar-refractivity contribution is 5.65. The van der Waals surface area contributed by atoms with Crippen LogP contribution in [0.1, 0.15) is 0 Å². The first-order valence-corrected chi connectivity index (χ1v) is 4.88. The van der Waals surface area contributed by atoms with Crippen LogP contribution in [0.3, 0.4) is 0 Å². The molecule has 114 valence electrons. The molecule has 2 heterocycles. The highest BCUT2D eigenvalue weighted by Crippen LogP contribution is 2.40. The Morgan fingerprint density at radius 2 is 0.950 bits per heavy atom. The number of ether oxygens (including phenoxy) is 4. The van der Waals surface area contributed by atoms with Crippen LogP contribution in [-0.2, 0) is 18.9 Å². The minimum Gasteiger partial charge on any atom is -0.422 e. The second-order valence-corrected chi connectivity index (χ2v) is 3.83. The Hall–Kier alpha value is -1.88. The van der Waals surface area contributed by atoms with Crippen molar-refractivity contribution >= 4 is 12.3 Å². The van der Waals surface area contributed by atoms with E-state index in [1.807, 2.05) is 0 Å². The van der Waals surface area contributed by atoms with Crippen molar-refractivity contribution in [3.05, 3.63) is 0 Å². The van der Waals surface area contributed by atoms with Crippen LogP contribution in [0.15, 0.2) is 0 Å². The lowest BCUT2D eigenvalue weighted by molar-refractivity contribution is -0.233. The molecule has 0 amide bonds. The molecule has 0 radical (unpaired) electrons. The lowest BCUT2D eigenvalue weighted by Crippen LogP contribution is -2.51. The summed E-state index contributed by atoms with van der Waals surface area (Å²) in [6.07, 6.45) is -25.0. The fraction of sp³-hybridized carbons (Fsp3) is 0.750. The van der Waals surface area contributed by atoms with E-state index >= 15 is 0 Å². The van der Waals surface area contributed by atoms with Gasteiger partial charge in [0.25, 0.3) is 0 Å². The van der Waals surface area contributed by atoms with Crippen LogP contribution < -0.4 is 0 Å². The molecule has 0 spiro atoms. The van der Waals surface area contributed by atoms with E-state index in [0.717, 1.165) is 0 Å². The van der Waals surface area contributed by atoms with Gasteiger partial charge in [-0.25, -0.2) is 9.59 Å². The van der Waals surface area contributed by atoms with Gasteiger partial charge in [-0.2, -0.15) is 26.3 Å². The Labute approximate surface area is 105 Å². The van der Waals surface area contributed by atoms with Crippen molar-refractivity contribution in [2.75, 3.05) is 0 Å². The molecular formula is C8H4F6O6. The summed E-state index contributed by atoms with van der Waals surface area (Å²) in [4.78, 5) is 21.4. The molecule has 2 aliphatic heterocycles. The molecule has 0 aromatic heterocycles. The average molecular weight is 310 g/mol. The second kappa shape index (κ2) is 4.31. The first kappa shape index (κ1) is 14.5. The van der Waals surface area contributed by atoms with Crippen molar-refractivity contribution in [3.63, 3.8) is 0 Å². The van der Waals surface area contributed by atoms with E-state index < -0.39 is 49.1 Å². The Kier molecular flexibility index (Phi) is 3.13. The average Bonchev–Trinajstić information content (AvgIpc) is 2.79. The zero-order chi connectivity index (χ0) is 15.3. The summed E-state index contributed by atoms with van der Waals surface area (Å²) < 4.78 is 90.8. The number of cyclic esters (lactones) is 4. The lowest BCUT2D eigenvalue weighted by Gasteiger charge is -2.24. The molecule has 2 saturated heterocycles. The van der Waals surface area contributed by atoms with Gasteiger partial charge in [-0.1, -0.05) is 0 Å². The van der Waals surface area contributed by atoms with Crippen molar-refractivity contribution in [2.24, 2.45) is 0 Å². The molecule has 12 heteroatoms. The lowest BCUT2D eigenvalue weighted by atomic mass is 10.0. The van der Waals surface area contributed by atoms with Gasteiger partial charge in [-0.3, -0.25) is 0 Å². The van der Waals surface area contributed by atoms with E-state index in [2.05, 4.69) is 18.9 Å². The maximum Gasteiger partial charge on any atom is 0.509 e. The molecule has 6 nitrogen and oxygen atoms in total. The van der Waals surface area contributed by atoms with Gasteiger partial charge < -0.3 is 18.9 Å².